The minimum atomic E-state index is 0.0228. The van der Waals surface area contributed by atoms with Crippen LogP contribution in [-0.2, 0) is 0 Å². The lowest BCUT2D eigenvalue weighted by atomic mass is 10.2. The van der Waals surface area contributed by atoms with E-state index in [0.717, 1.165) is 11.4 Å². The molecule has 0 radical (unpaired) electrons. The first-order chi connectivity index (χ1) is 11.1. The number of phenols is 1. The molecular weight excluding hydrogens is 314 g/mol. The molecule has 0 aliphatic carbocycles. The zero-order chi connectivity index (χ0) is 16.7. The Bertz CT molecular complexity index is 702. The number of hydrogen-bond donors (Lipinski definition) is 3. The van der Waals surface area contributed by atoms with Gasteiger partial charge in [-0.3, -0.25) is 5.43 Å². The fourth-order valence-corrected chi connectivity index (χ4v) is 1.97. The molecule has 0 saturated carbocycles. The Labute approximate surface area is 139 Å². The third-order valence-electron chi connectivity index (χ3n) is 2.97. The van der Waals surface area contributed by atoms with Crippen LogP contribution < -0.4 is 20.2 Å². The minimum Gasteiger partial charge on any atom is -0.504 e. The Morgan fingerprint density at radius 2 is 1.87 bits per heavy atom. The summed E-state index contributed by atoms with van der Waals surface area (Å²) in [5.41, 5.74) is 4.01. The Morgan fingerprint density at radius 1 is 1.13 bits per heavy atom. The molecule has 6 nitrogen and oxygen atoms in total. The second-order valence-corrected chi connectivity index (χ2v) is 4.86. The summed E-state index contributed by atoms with van der Waals surface area (Å²) in [4.78, 5) is 0. The summed E-state index contributed by atoms with van der Waals surface area (Å²) in [6, 6.07) is 12.5. The van der Waals surface area contributed by atoms with E-state index in [0.29, 0.717) is 16.4 Å². The quantitative estimate of drug-likeness (QED) is 0.444. The molecule has 0 unspecified atom stereocenters. The zero-order valence-electron chi connectivity index (χ0n) is 12.7. The van der Waals surface area contributed by atoms with Gasteiger partial charge >= 0.3 is 0 Å². The highest BCUT2D eigenvalue weighted by Crippen LogP contribution is 2.27. The predicted molar refractivity (Wildman–Crippen MR) is 94.6 cm³/mol. The largest absolute Gasteiger partial charge is 0.504 e. The van der Waals surface area contributed by atoms with E-state index in [9.17, 15) is 5.11 Å². The van der Waals surface area contributed by atoms with E-state index in [2.05, 4.69) is 15.8 Å². The van der Waals surface area contributed by atoms with Gasteiger partial charge in [0, 0.05) is 11.3 Å². The number of phenolic OH excluding ortho intramolecular Hbond substituents is 1. The number of aromatic hydroxyl groups is 1. The molecule has 0 atom stereocenters. The molecule has 0 heterocycles. The van der Waals surface area contributed by atoms with Crippen molar-refractivity contribution < 1.29 is 14.6 Å². The number of anilines is 1. The molecule has 120 valence electrons. The molecule has 2 aromatic carbocycles. The first-order valence-electron chi connectivity index (χ1n) is 6.74. The number of nitrogens with zero attached hydrogens (tertiary/aromatic N) is 1. The van der Waals surface area contributed by atoms with Gasteiger partial charge in [-0.2, -0.15) is 5.10 Å². The normalized spacial score (nSPS) is 10.3. The van der Waals surface area contributed by atoms with Crippen LogP contribution in [0.3, 0.4) is 0 Å². The SMILES string of the molecule is COc1ccc(NC(=S)N/N=C\c2cccc(OC)c2O)cc1. The van der Waals surface area contributed by atoms with Crippen molar-refractivity contribution in [3.05, 3.63) is 48.0 Å². The fraction of sp³-hybridized carbons (Fsp3) is 0.125. The van der Waals surface area contributed by atoms with Crippen LogP contribution in [0.5, 0.6) is 17.2 Å². The molecule has 23 heavy (non-hydrogen) atoms. The summed E-state index contributed by atoms with van der Waals surface area (Å²) >= 11 is 5.14. The van der Waals surface area contributed by atoms with Gasteiger partial charge in [0.15, 0.2) is 16.6 Å². The first-order valence-corrected chi connectivity index (χ1v) is 7.15. The third-order valence-corrected chi connectivity index (χ3v) is 3.16. The molecule has 0 aliphatic heterocycles. The highest BCUT2D eigenvalue weighted by Gasteiger charge is 2.04. The molecule has 3 N–H and O–H groups in total. The number of hydrazone groups is 1. The highest BCUT2D eigenvalue weighted by atomic mass is 32.1. The Balaban J connectivity index is 1.93. The number of rotatable bonds is 5. The van der Waals surface area contributed by atoms with Crippen LogP contribution in [0.4, 0.5) is 5.69 Å². The van der Waals surface area contributed by atoms with E-state index >= 15 is 0 Å². The zero-order valence-corrected chi connectivity index (χ0v) is 13.6. The third kappa shape index (κ3) is 4.58. The lowest BCUT2D eigenvalue weighted by Crippen LogP contribution is -2.23. The van der Waals surface area contributed by atoms with Gasteiger partial charge in [0.2, 0.25) is 0 Å². The molecule has 0 bridgehead atoms. The molecule has 0 amide bonds. The van der Waals surface area contributed by atoms with Crippen LogP contribution in [0.2, 0.25) is 0 Å². The van der Waals surface area contributed by atoms with E-state index in [1.165, 1.54) is 13.3 Å². The predicted octanol–water partition coefficient (Wildman–Crippen LogP) is 2.73. The van der Waals surface area contributed by atoms with Crippen molar-refractivity contribution in [2.45, 2.75) is 0 Å². The molecule has 0 fully saturated rings. The summed E-state index contributed by atoms with van der Waals surface area (Å²) < 4.78 is 10.1. The van der Waals surface area contributed by atoms with Gasteiger partial charge in [0.1, 0.15) is 5.75 Å². The minimum absolute atomic E-state index is 0.0228. The van der Waals surface area contributed by atoms with Crippen molar-refractivity contribution in [2.24, 2.45) is 5.10 Å². The van der Waals surface area contributed by atoms with Gasteiger partial charge in [-0.1, -0.05) is 6.07 Å². The molecule has 2 rings (SSSR count). The van der Waals surface area contributed by atoms with Crippen LogP contribution in [-0.4, -0.2) is 30.7 Å². The van der Waals surface area contributed by atoms with E-state index in [1.807, 2.05) is 24.3 Å². The van der Waals surface area contributed by atoms with Crippen LogP contribution in [0.1, 0.15) is 5.56 Å². The fourth-order valence-electron chi connectivity index (χ4n) is 1.80. The van der Waals surface area contributed by atoms with Crippen molar-refractivity contribution in [2.75, 3.05) is 19.5 Å². The number of hydrogen-bond acceptors (Lipinski definition) is 5. The van der Waals surface area contributed by atoms with Crippen molar-refractivity contribution in [3.8, 4) is 17.2 Å². The summed E-state index contributed by atoms with van der Waals surface area (Å²) in [6.45, 7) is 0. The number of para-hydroxylation sites is 1. The summed E-state index contributed by atoms with van der Waals surface area (Å²) in [7, 11) is 3.10. The Kier molecular flexibility index (Phi) is 5.76. The van der Waals surface area contributed by atoms with Gasteiger partial charge in [-0.25, -0.2) is 0 Å². The molecule has 0 aromatic heterocycles. The maximum absolute atomic E-state index is 9.93. The first kappa shape index (κ1) is 16.6. The number of thiocarbonyl (C=S) groups is 1. The van der Waals surface area contributed by atoms with Gasteiger partial charge in [0.25, 0.3) is 0 Å². The van der Waals surface area contributed by atoms with Gasteiger partial charge in [-0.15, -0.1) is 0 Å². The maximum Gasteiger partial charge on any atom is 0.191 e. The van der Waals surface area contributed by atoms with Crippen molar-refractivity contribution in [1.82, 2.24) is 5.43 Å². The topological polar surface area (TPSA) is 75.1 Å². The van der Waals surface area contributed by atoms with Gasteiger partial charge < -0.3 is 19.9 Å². The number of ether oxygens (including phenoxy) is 2. The maximum atomic E-state index is 9.93. The average Bonchev–Trinajstić information content (AvgIpc) is 2.57. The molecule has 0 saturated heterocycles. The van der Waals surface area contributed by atoms with Crippen molar-refractivity contribution in [3.63, 3.8) is 0 Å². The second kappa shape index (κ2) is 8.00. The number of methoxy groups -OCH3 is 2. The molecule has 0 aliphatic rings. The smallest absolute Gasteiger partial charge is 0.191 e. The highest BCUT2D eigenvalue weighted by molar-refractivity contribution is 7.80. The van der Waals surface area contributed by atoms with Crippen LogP contribution in [0.15, 0.2) is 47.6 Å². The molecule has 0 spiro atoms. The molecule has 2 aromatic rings. The Morgan fingerprint density at radius 3 is 2.52 bits per heavy atom. The van der Waals surface area contributed by atoms with Crippen molar-refractivity contribution in [1.29, 1.82) is 0 Å². The van der Waals surface area contributed by atoms with E-state index in [4.69, 9.17) is 21.7 Å². The van der Waals surface area contributed by atoms with Crippen LogP contribution in [0.25, 0.3) is 0 Å². The lowest BCUT2D eigenvalue weighted by molar-refractivity contribution is 0.373. The van der Waals surface area contributed by atoms with E-state index < -0.39 is 0 Å². The molecule has 7 heteroatoms. The summed E-state index contributed by atoms with van der Waals surface area (Å²) in [5, 5.41) is 17.2. The van der Waals surface area contributed by atoms with Crippen LogP contribution >= 0.6 is 12.2 Å². The summed E-state index contributed by atoms with van der Waals surface area (Å²) in [6.07, 6.45) is 1.46. The monoisotopic (exact) mass is 331 g/mol. The standard InChI is InChI=1S/C16H17N3O3S/c1-21-13-8-6-12(7-9-13)18-16(23)19-17-10-11-4-3-5-14(22-2)15(11)20/h3-10,20H,1-2H3,(H2,18,19,23)/b17-10-. The van der Waals surface area contributed by atoms with Gasteiger partial charge in [0.05, 0.1) is 20.4 Å². The van der Waals surface area contributed by atoms with Gasteiger partial charge in [-0.05, 0) is 48.6 Å². The van der Waals surface area contributed by atoms with Crippen LogP contribution in [0, 0.1) is 0 Å². The van der Waals surface area contributed by atoms with E-state index in [1.54, 1.807) is 25.3 Å². The second-order valence-electron chi connectivity index (χ2n) is 4.45. The molecular formula is C16H17N3O3S. The average molecular weight is 331 g/mol. The number of benzene rings is 2. The lowest BCUT2D eigenvalue weighted by Gasteiger charge is -2.08. The Hall–Kier alpha value is -2.80. The summed E-state index contributed by atoms with van der Waals surface area (Å²) in [5.74, 6) is 1.17. The van der Waals surface area contributed by atoms with E-state index in [-0.39, 0.29) is 5.75 Å². The van der Waals surface area contributed by atoms with Crippen molar-refractivity contribution >= 4 is 29.2 Å². The number of nitrogens with one attached hydrogen (secondary N) is 2.